The van der Waals surface area contributed by atoms with E-state index in [0.29, 0.717) is 5.01 Å². The van der Waals surface area contributed by atoms with Gasteiger partial charge in [-0.05, 0) is 19.3 Å². The largest absolute Gasteiger partial charge is 0.320 e. The Balaban J connectivity index is 2.17. The van der Waals surface area contributed by atoms with Gasteiger partial charge in [-0.15, -0.1) is 11.3 Å². The highest BCUT2D eigenvalue weighted by Crippen LogP contribution is 2.38. The van der Waals surface area contributed by atoms with Crippen LogP contribution in [0.4, 0.5) is 0 Å². The molecular formula is C9H14N2O2S2. The lowest BCUT2D eigenvalue weighted by Crippen LogP contribution is -2.43. The normalized spacial score (nSPS) is 19.9. The lowest BCUT2D eigenvalue weighted by Gasteiger charge is -2.36. The molecule has 84 valence electrons. The molecule has 4 nitrogen and oxygen atoms in total. The quantitative estimate of drug-likeness (QED) is 0.864. The van der Waals surface area contributed by atoms with Gasteiger partial charge in [-0.25, -0.2) is 13.4 Å². The number of rotatable bonds is 3. The van der Waals surface area contributed by atoms with Crippen LogP contribution in [0.3, 0.4) is 0 Å². The molecule has 1 aromatic rings. The van der Waals surface area contributed by atoms with Crippen LogP contribution in [0.2, 0.25) is 0 Å². The predicted molar refractivity (Wildman–Crippen MR) is 60.4 cm³/mol. The lowest BCUT2D eigenvalue weighted by atomic mass is 9.76. The number of aromatic nitrogens is 1. The van der Waals surface area contributed by atoms with E-state index in [2.05, 4.69) is 4.98 Å². The number of hydrogen-bond donors (Lipinski definition) is 1. The Morgan fingerprint density at radius 2 is 2.27 bits per heavy atom. The summed E-state index contributed by atoms with van der Waals surface area (Å²) >= 11 is 1.38. The van der Waals surface area contributed by atoms with Crippen molar-refractivity contribution >= 4 is 21.2 Å². The van der Waals surface area contributed by atoms with Crippen molar-refractivity contribution in [3.05, 3.63) is 16.1 Å². The molecule has 0 aliphatic heterocycles. The van der Waals surface area contributed by atoms with Crippen molar-refractivity contribution < 1.29 is 8.42 Å². The van der Waals surface area contributed by atoms with E-state index in [0.717, 1.165) is 25.0 Å². The maximum absolute atomic E-state index is 11.1. The Morgan fingerprint density at radius 3 is 2.73 bits per heavy atom. The summed E-state index contributed by atoms with van der Waals surface area (Å²) in [4.78, 5) is 4.30. The molecule has 0 radical (unpaired) electrons. The molecule has 0 spiro atoms. The fraction of sp³-hybridized carbons (Fsp3) is 0.667. The van der Waals surface area contributed by atoms with E-state index in [-0.39, 0.29) is 11.3 Å². The van der Waals surface area contributed by atoms with E-state index < -0.39 is 9.84 Å². The predicted octanol–water partition coefficient (Wildman–Crippen LogP) is 1.03. The molecule has 1 aliphatic rings. The third-order valence-corrected chi connectivity index (χ3v) is 4.52. The van der Waals surface area contributed by atoms with Gasteiger partial charge in [0.15, 0.2) is 9.84 Å². The topological polar surface area (TPSA) is 73.0 Å². The van der Waals surface area contributed by atoms with Gasteiger partial charge in [-0.1, -0.05) is 0 Å². The van der Waals surface area contributed by atoms with Gasteiger partial charge in [0.2, 0.25) is 0 Å². The second-order valence-corrected chi connectivity index (χ2v) is 7.29. The van der Waals surface area contributed by atoms with Crippen LogP contribution < -0.4 is 5.73 Å². The smallest absolute Gasteiger partial charge is 0.153 e. The zero-order chi connectivity index (χ0) is 11.1. The van der Waals surface area contributed by atoms with E-state index in [1.807, 2.05) is 5.38 Å². The molecule has 1 aromatic heterocycles. The number of sulfone groups is 1. The summed E-state index contributed by atoms with van der Waals surface area (Å²) in [7, 11) is -2.99. The maximum Gasteiger partial charge on any atom is 0.153 e. The van der Waals surface area contributed by atoms with Crippen LogP contribution in [0.1, 0.15) is 30.0 Å². The van der Waals surface area contributed by atoms with Gasteiger partial charge in [0.05, 0.1) is 11.2 Å². The van der Waals surface area contributed by atoms with E-state index in [1.165, 1.54) is 17.6 Å². The van der Waals surface area contributed by atoms with Gasteiger partial charge in [0.25, 0.3) is 0 Å². The van der Waals surface area contributed by atoms with Gasteiger partial charge in [0.1, 0.15) is 10.8 Å². The first-order chi connectivity index (χ1) is 6.89. The third kappa shape index (κ3) is 2.38. The minimum absolute atomic E-state index is 0.0216. The Hall–Kier alpha value is -0.460. The zero-order valence-electron chi connectivity index (χ0n) is 8.56. The molecular weight excluding hydrogens is 232 g/mol. The van der Waals surface area contributed by atoms with Crippen molar-refractivity contribution in [2.75, 3.05) is 6.26 Å². The molecule has 0 saturated heterocycles. The van der Waals surface area contributed by atoms with Crippen molar-refractivity contribution in [1.29, 1.82) is 0 Å². The molecule has 2 N–H and O–H groups in total. The SMILES string of the molecule is CS(=O)(=O)Cc1nc(C2(N)CCC2)cs1. The highest BCUT2D eigenvalue weighted by Gasteiger charge is 2.36. The summed E-state index contributed by atoms with van der Waals surface area (Å²) in [5.74, 6) is 0.0216. The van der Waals surface area contributed by atoms with Crippen LogP contribution in [0.25, 0.3) is 0 Å². The molecule has 2 rings (SSSR count). The first-order valence-corrected chi connectivity index (χ1v) is 7.75. The van der Waals surface area contributed by atoms with E-state index in [1.54, 1.807) is 0 Å². The first-order valence-electron chi connectivity index (χ1n) is 4.81. The van der Waals surface area contributed by atoms with Gasteiger partial charge < -0.3 is 5.73 Å². The minimum atomic E-state index is -2.99. The Kier molecular flexibility index (Phi) is 2.60. The molecule has 6 heteroatoms. The van der Waals surface area contributed by atoms with Crippen LogP contribution in [0, 0.1) is 0 Å². The number of thiazole rings is 1. The van der Waals surface area contributed by atoms with Gasteiger partial charge >= 0.3 is 0 Å². The molecule has 0 atom stereocenters. The van der Waals surface area contributed by atoms with Crippen LogP contribution in [0.15, 0.2) is 5.38 Å². The van der Waals surface area contributed by atoms with Crippen LogP contribution in [-0.4, -0.2) is 19.7 Å². The maximum atomic E-state index is 11.1. The molecule has 0 aromatic carbocycles. The highest BCUT2D eigenvalue weighted by atomic mass is 32.2. The average molecular weight is 246 g/mol. The summed E-state index contributed by atoms with van der Waals surface area (Å²) in [6.07, 6.45) is 4.26. The second-order valence-electron chi connectivity index (χ2n) is 4.21. The van der Waals surface area contributed by atoms with Gasteiger partial charge in [-0.2, -0.15) is 0 Å². The van der Waals surface area contributed by atoms with E-state index in [9.17, 15) is 8.42 Å². The second kappa shape index (κ2) is 3.54. The summed E-state index contributed by atoms with van der Waals surface area (Å²) in [5.41, 5.74) is 6.67. The Morgan fingerprint density at radius 1 is 1.60 bits per heavy atom. The number of hydrogen-bond acceptors (Lipinski definition) is 5. The molecule has 15 heavy (non-hydrogen) atoms. The third-order valence-electron chi connectivity index (χ3n) is 2.69. The lowest BCUT2D eigenvalue weighted by molar-refractivity contribution is 0.247. The summed E-state index contributed by atoms with van der Waals surface area (Å²) in [6, 6.07) is 0. The van der Waals surface area contributed by atoms with Gasteiger partial charge in [-0.3, -0.25) is 0 Å². The monoisotopic (exact) mass is 246 g/mol. The number of nitrogens with zero attached hydrogens (tertiary/aromatic N) is 1. The van der Waals surface area contributed by atoms with Crippen molar-refractivity contribution in [2.24, 2.45) is 5.73 Å². The van der Waals surface area contributed by atoms with Crippen molar-refractivity contribution in [2.45, 2.75) is 30.6 Å². The molecule has 0 amide bonds. The molecule has 0 bridgehead atoms. The summed E-state index contributed by atoms with van der Waals surface area (Å²) in [5, 5.41) is 2.53. The fourth-order valence-corrected chi connectivity index (χ4v) is 3.76. The van der Waals surface area contributed by atoms with Crippen molar-refractivity contribution in [3.63, 3.8) is 0 Å². The number of nitrogens with two attached hydrogens (primary N) is 1. The van der Waals surface area contributed by atoms with E-state index in [4.69, 9.17) is 5.73 Å². The highest BCUT2D eigenvalue weighted by molar-refractivity contribution is 7.90. The molecule has 1 aliphatic carbocycles. The van der Waals surface area contributed by atoms with Crippen LogP contribution in [0.5, 0.6) is 0 Å². The Bertz CT molecular complexity index is 460. The van der Waals surface area contributed by atoms with Gasteiger partial charge in [0, 0.05) is 11.6 Å². The van der Waals surface area contributed by atoms with Crippen molar-refractivity contribution in [3.8, 4) is 0 Å². The molecule has 0 unspecified atom stereocenters. The first kappa shape index (κ1) is 11.0. The summed E-state index contributed by atoms with van der Waals surface area (Å²) in [6.45, 7) is 0. The fourth-order valence-electron chi connectivity index (χ4n) is 1.64. The van der Waals surface area contributed by atoms with E-state index >= 15 is 0 Å². The standard InChI is InChI=1S/C9H14N2O2S2/c1-15(12,13)6-8-11-7(5-14-8)9(10)3-2-4-9/h5H,2-4,6,10H2,1H3. The van der Waals surface area contributed by atoms with Crippen molar-refractivity contribution in [1.82, 2.24) is 4.98 Å². The molecule has 1 saturated carbocycles. The van der Waals surface area contributed by atoms with Crippen LogP contribution >= 0.6 is 11.3 Å². The molecule has 1 heterocycles. The minimum Gasteiger partial charge on any atom is -0.320 e. The average Bonchev–Trinajstić information content (AvgIpc) is 2.45. The zero-order valence-corrected chi connectivity index (χ0v) is 10.2. The van der Waals surface area contributed by atoms with Crippen LogP contribution in [-0.2, 0) is 21.1 Å². The molecule has 1 fully saturated rings. The summed E-state index contributed by atoms with van der Waals surface area (Å²) < 4.78 is 22.2. The Labute approximate surface area is 93.4 Å².